The van der Waals surface area contributed by atoms with Crippen LogP contribution in [0.4, 0.5) is 10.2 Å². The van der Waals surface area contributed by atoms with E-state index < -0.39 is 11.9 Å². The predicted octanol–water partition coefficient (Wildman–Crippen LogP) is 2.88. The number of aliphatic hydroxyl groups is 2. The molecule has 1 atom stereocenters. The fourth-order valence-corrected chi connectivity index (χ4v) is 4.74. The highest BCUT2D eigenvalue weighted by molar-refractivity contribution is 5.93. The number of hydrogen-bond acceptors (Lipinski definition) is 9. The molecule has 196 valence electrons. The van der Waals surface area contributed by atoms with Crippen molar-refractivity contribution >= 4 is 16.7 Å². The van der Waals surface area contributed by atoms with E-state index in [2.05, 4.69) is 30.0 Å². The van der Waals surface area contributed by atoms with Gasteiger partial charge in [-0.15, -0.1) is 0 Å². The first kappa shape index (κ1) is 25.0. The number of ether oxygens (including phenoxy) is 1. The second-order valence-electron chi connectivity index (χ2n) is 9.32. The maximum Gasteiger partial charge on any atom is 0.254 e. The summed E-state index contributed by atoms with van der Waals surface area (Å²) in [6, 6.07) is 2.15. The van der Waals surface area contributed by atoms with Crippen LogP contribution >= 0.6 is 0 Å². The Kier molecular flexibility index (Phi) is 7.28. The lowest BCUT2D eigenvalue weighted by Crippen LogP contribution is -2.27. The number of fused-ring (bicyclic) bond motifs is 1. The van der Waals surface area contributed by atoms with Crippen LogP contribution in [0, 0.1) is 12.7 Å². The Balaban J connectivity index is 1.40. The second kappa shape index (κ2) is 10.8. The maximum atomic E-state index is 14.1. The number of nitrogens with one attached hydrogen (secondary N) is 1. The van der Waals surface area contributed by atoms with Crippen molar-refractivity contribution in [3.8, 4) is 17.1 Å². The topological polar surface area (TPSA) is 136 Å². The monoisotopic (exact) mass is 510 g/mol. The summed E-state index contributed by atoms with van der Waals surface area (Å²) in [6.07, 6.45) is 8.58. The molecule has 5 rings (SSSR count). The summed E-state index contributed by atoms with van der Waals surface area (Å²) < 4.78 is 23.6. The number of aromatic nitrogens is 7. The van der Waals surface area contributed by atoms with Crippen LogP contribution in [0.15, 0.2) is 30.9 Å². The molecular weight excluding hydrogens is 479 g/mol. The molecule has 0 unspecified atom stereocenters. The fourth-order valence-electron chi connectivity index (χ4n) is 4.74. The van der Waals surface area contributed by atoms with E-state index in [0.717, 1.165) is 66.4 Å². The van der Waals surface area contributed by atoms with E-state index >= 15 is 0 Å². The summed E-state index contributed by atoms with van der Waals surface area (Å²) in [5, 5.41) is 32.4. The van der Waals surface area contributed by atoms with Gasteiger partial charge in [-0.2, -0.15) is 19.6 Å². The summed E-state index contributed by atoms with van der Waals surface area (Å²) in [7, 11) is 0. The van der Waals surface area contributed by atoms with Crippen molar-refractivity contribution in [3.05, 3.63) is 42.5 Å². The molecule has 37 heavy (non-hydrogen) atoms. The van der Waals surface area contributed by atoms with Crippen molar-refractivity contribution in [2.75, 3.05) is 18.5 Å². The summed E-state index contributed by atoms with van der Waals surface area (Å²) in [5.74, 6) is 0.703. The number of nitrogens with zero attached hydrogens (tertiary/aromatic N) is 7. The fraction of sp³-hybridized carbons (Fsp3) is 0.480. The van der Waals surface area contributed by atoms with E-state index in [4.69, 9.17) is 14.9 Å². The van der Waals surface area contributed by atoms with Gasteiger partial charge in [0.2, 0.25) is 5.82 Å². The Morgan fingerprint density at radius 3 is 2.76 bits per heavy atom. The number of anilines is 1. The van der Waals surface area contributed by atoms with E-state index in [9.17, 15) is 9.50 Å². The highest BCUT2D eigenvalue weighted by Gasteiger charge is 2.28. The standard InChI is InChI=1S/C25H31FN8O3/c1-3-27-23-8-22-20(10-29-23)24(16-9-30-33(12-16)13-18(36)14-35)32-34(22)17-4-6-19(7-5-17)37-25-21(26)11-28-15(2)31-25/h8-12,17-19,35-36H,3-7,13-14H2,1-2H3,(H,27,29)/t17-,18-,19+/m1/s1. The summed E-state index contributed by atoms with van der Waals surface area (Å²) in [5.41, 5.74) is 2.52. The molecular formula is C25H31FN8O3. The minimum atomic E-state index is -0.886. The van der Waals surface area contributed by atoms with Gasteiger partial charge < -0.3 is 20.3 Å². The molecule has 0 aliphatic heterocycles. The lowest BCUT2D eigenvalue weighted by atomic mass is 9.93. The summed E-state index contributed by atoms with van der Waals surface area (Å²) >= 11 is 0. The minimum absolute atomic E-state index is 0.00691. The van der Waals surface area contributed by atoms with Crippen LogP contribution in [0.2, 0.25) is 0 Å². The molecule has 0 saturated heterocycles. The van der Waals surface area contributed by atoms with Crippen molar-refractivity contribution in [1.29, 1.82) is 0 Å². The van der Waals surface area contributed by atoms with E-state index in [0.29, 0.717) is 5.82 Å². The zero-order valence-corrected chi connectivity index (χ0v) is 20.9. The third-order valence-corrected chi connectivity index (χ3v) is 6.57. The van der Waals surface area contributed by atoms with Gasteiger partial charge in [0.15, 0.2) is 0 Å². The lowest BCUT2D eigenvalue weighted by molar-refractivity contribution is 0.0783. The molecule has 12 heteroatoms. The van der Waals surface area contributed by atoms with Gasteiger partial charge in [-0.3, -0.25) is 9.36 Å². The molecule has 1 aliphatic rings. The Bertz CT molecular complexity index is 1370. The summed E-state index contributed by atoms with van der Waals surface area (Å²) in [4.78, 5) is 12.5. The number of rotatable bonds is 9. The number of pyridine rings is 1. The average Bonchev–Trinajstić information content (AvgIpc) is 3.51. The Morgan fingerprint density at radius 2 is 2.00 bits per heavy atom. The van der Waals surface area contributed by atoms with Gasteiger partial charge in [0.1, 0.15) is 23.4 Å². The van der Waals surface area contributed by atoms with E-state index in [-0.39, 0.29) is 31.2 Å². The van der Waals surface area contributed by atoms with Gasteiger partial charge >= 0.3 is 0 Å². The van der Waals surface area contributed by atoms with Crippen molar-refractivity contribution in [3.63, 3.8) is 0 Å². The predicted molar refractivity (Wildman–Crippen MR) is 135 cm³/mol. The van der Waals surface area contributed by atoms with Gasteiger partial charge in [0.05, 0.1) is 43.2 Å². The van der Waals surface area contributed by atoms with Crippen LogP contribution in [-0.2, 0) is 6.54 Å². The molecule has 4 aromatic rings. The first-order chi connectivity index (χ1) is 17.9. The minimum Gasteiger partial charge on any atom is -0.472 e. The van der Waals surface area contributed by atoms with Gasteiger partial charge in [-0.05, 0) is 39.5 Å². The largest absolute Gasteiger partial charge is 0.472 e. The zero-order valence-electron chi connectivity index (χ0n) is 20.9. The van der Waals surface area contributed by atoms with Gasteiger partial charge in [-0.1, -0.05) is 0 Å². The quantitative estimate of drug-likeness (QED) is 0.310. The highest BCUT2D eigenvalue weighted by atomic mass is 19.1. The molecule has 1 fully saturated rings. The van der Waals surface area contributed by atoms with Crippen LogP contribution in [-0.4, -0.2) is 70.1 Å². The summed E-state index contributed by atoms with van der Waals surface area (Å²) in [6.45, 7) is 4.33. The first-order valence-corrected chi connectivity index (χ1v) is 12.5. The van der Waals surface area contributed by atoms with Crippen molar-refractivity contribution in [1.82, 2.24) is 34.5 Å². The Morgan fingerprint density at radius 1 is 1.19 bits per heavy atom. The van der Waals surface area contributed by atoms with Crippen LogP contribution < -0.4 is 10.1 Å². The van der Waals surface area contributed by atoms with E-state index in [1.807, 2.05) is 25.4 Å². The van der Waals surface area contributed by atoms with Gasteiger partial charge in [0.25, 0.3) is 5.88 Å². The molecule has 0 amide bonds. The van der Waals surface area contributed by atoms with Crippen LogP contribution in [0.3, 0.4) is 0 Å². The third kappa shape index (κ3) is 5.39. The number of hydrogen-bond donors (Lipinski definition) is 3. The lowest BCUT2D eigenvalue weighted by Gasteiger charge is -2.29. The number of aliphatic hydroxyl groups excluding tert-OH is 2. The van der Waals surface area contributed by atoms with Crippen molar-refractivity contribution in [2.45, 2.75) is 64.3 Å². The SMILES string of the molecule is CCNc1cc2c(cn1)c(-c1cnn(C[C@@H](O)CO)c1)nn2[C@H]1CC[C@@H](Oc2nc(C)ncc2F)CC1. The van der Waals surface area contributed by atoms with Crippen LogP contribution in [0.1, 0.15) is 44.5 Å². The average molecular weight is 511 g/mol. The highest BCUT2D eigenvalue weighted by Crippen LogP contribution is 2.36. The van der Waals surface area contributed by atoms with Gasteiger partial charge in [0, 0.05) is 36.0 Å². The first-order valence-electron chi connectivity index (χ1n) is 12.5. The molecule has 1 aliphatic carbocycles. The molecule has 1 saturated carbocycles. The van der Waals surface area contributed by atoms with Crippen molar-refractivity contribution in [2.24, 2.45) is 0 Å². The van der Waals surface area contributed by atoms with E-state index in [1.54, 1.807) is 17.8 Å². The molecule has 0 aromatic carbocycles. The normalized spacial score (nSPS) is 18.7. The maximum absolute atomic E-state index is 14.1. The molecule has 0 bridgehead atoms. The van der Waals surface area contributed by atoms with E-state index in [1.165, 1.54) is 0 Å². The van der Waals surface area contributed by atoms with Crippen LogP contribution in [0.25, 0.3) is 22.2 Å². The Labute approximate surface area is 213 Å². The molecule has 0 radical (unpaired) electrons. The number of aryl methyl sites for hydroxylation is 1. The molecule has 11 nitrogen and oxygen atoms in total. The smallest absolute Gasteiger partial charge is 0.254 e. The van der Waals surface area contributed by atoms with Crippen LogP contribution in [0.5, 0.6) is 5.88 Å². The zero-order chi connectivity index (χ0) is 25.9. The Hall–Kier alpha value is -3.64. The number of halogens is 1. The van der Waals surface area contributed by atoms with Crippen molar-refractivity contribution < 1.29 is 19.3 Å². The third-order valence-electron chi connectivity index (χ3n) is 6.57. The second-order valence-corrected chi connectivity index (χ2v) is 9.32. The molecule has 4 aromatic heterocycles. The molecule has 3 N–H and O–H groups in total. The molecule has 4 heterocycles. The molecule has 0 spiro atoms. The van der Waals surface area contributed by atoms with Gasteiger partial charge in [-0.25, -0.2) is 9.97 Å².